The number of nitrogens with zero attached hydrogens (tertiary/aromatic N) is 1. The van der Waals surface area contributed by atoms with Gasteiger partial charge in [-0.3, -0.25) is 9.78 Å². The molecule has 2 rings (SSSR count). The Labute approximate surface area is 81.3 Å². The number of carbonyl (C=O) groups is 1. The Hall–Kier alpha value is -1.45. The zero-order chi connectivity index (χ0) is 10.1. The first-order chi connectivity index (χ1) is 6.66. The molecule has 0 spiro atoms. The Bertz CT molecular complexity index is 378. The van der Waals surface area contributed by atoms with Gasteiger partial charge >= 0.3 is 0 Å². The lowest BCUT2D eigenvalue weighted by atomic mass is 10.0. The summed E-state index contributed by atoms with van der Waals surface area (Å²) in [5.41, 5.74) is 1.18. The minimum absolute atomic E-state index is 0.0405. The minimum Gasteiger partial charge on any atom is -0.355 e. The topological polar surface area (TPSA) is 42.0 Å². The summed E-state index contributed by atoms with van der Waals surface area (Å²) in [5.74, 6) is -0.161. The predicted octanol–water partition coefficient (Wildman–Crippen LogP) is 1.13. The van der Waals surface area contributed by atoms with Gasteiger partial charge in [-0.1, -0.05) is 0 Å². The first kappa shape index (κ1) is 9.12. The molecule has 1 saturated heterocycles. The van der Waals surface area contributed by atoms with E-state index < -0.39 is 0 Å². The lowest BCUT2D eigenvalue weighted by Gasteiger charge is -2.07. The fourth-order valence-electron chi connectivity index (χ4n) is 1.61. The zero-order valence-electron chi connectivity index (χ0n) is 7.88. The third-order valence-electron chi connectivity index (χ3n) is 2.44. The summed E-state index contributed by atoms with van der Waals surface area (Å²) in [6, 6.07) is 3.05. The van der Waals surface area contributed by atoms with Crippen molar-refractivity contribution in [3.63, 3.8) is 0 Å². The second kappa shape index (κ2) is 3.36. The van der Waals surface area contributed by atoms with Gasteiger partial charge in [0.15, 0.2) is 0 Å². The number of rotatable bonds is 1. The summed E-state index contributed by atoms with van der Waals surface area (Å²) in [6.45, 7) is 2.24. The zero-order valence-corrected chi connectivity index (χ0v) is 7.88. The fraction of sp³-hybridized carbons (Fsp3) is 0.400. The standard InChI is InChI=1S/C10H11FN2O/c1-6-8(11)2-3-9(13-6)7-4-10(14)12-5-7/h2-3,7H,4-5H2,1H3,(H,12,14). The van der Waals surface area contributed by atoms with Gasteiger partial charge in [0, 0.05) is 24.6 Å². The molecule has 1 N–H and O–H groups in total. The maximum absolute atomic E-state index is 12.9. The summed E-state index contributed by atoms with van der Waals surface area (Å²) < 4.78 is 12.9. The molecule has 1 aromatic rings. The SMILES string of the molecule is Cc1nc(C2CNC(=O)C2)ccc1F. The van der Waals surface area contributed by atoms with E-state index in [2.05, 4.69) is 10.3 Å². The van der Waals surface area contributed by atoms with Gasteiger partial charge in [0.1, 0.15) is 5.82 Å². The van der Waals surface area contributed by atoms with Crippen LogP contribution < -0.4 is 5.32 Å². The Kier molecular flexibility index (Phi) is 2.19. The van der Waals surface area contributed by atoms with Crippen LogP contribution in [0.4, 0.5) is 4.39 Å². The Balaban J connectivity index is 2.24. The number of hydrogen-bond acceptors (Lipinski definition) is 2. The van der Waals surface area contributed by atoms with Gasteiger partial charge in [0.2, 0.25) is 5.91 Å². The minimum atomic E-state index is -0.300. The average Bonchev–Trinajstić information content (AvgIpc) is 2.57. The van der Waals surface area contributed by atoms with Gasteiger partial charge in [-0.25, -0.2) is 4.39 Å². The molecule has 1 fully saturated rings. The summed E-state index contributed by atoms with van der Waals surface area (Å²) in [7, 11) is 0. The van der Waals surface area contributed by atoms with Crippen molar-refractivity contribution in [3.8, 4) is 0 Å². The number of amides is 1. The van der Waals surface area contributed by atoms with Crippen molar-refractivity contribution in [2.24, 2.45) is 0 Å². The molecule has 1 atom stereocenters. The number of aromatic nitrogens is 1. The van der Waals surface area contributed by atoms with Gasteiger partial charge in [0.05, 0.1) is 5.69 Å². The number of hydrogen-bond donors (Lipinski definition) is 1. The third kappa shape index (κ3) is 1.60. The molecule has 0 radical (unpaired) electrons. The van der Waals surface area contributed by atoms with Crippen LogP contribution in [0.3, 0.4) is 0 Å². The lowest BCUT2D eigenvalue weighted by Crippen LogP contribution is -2.13. The Morgan fingerprint density at radius 2 is 2.36 bits per heavy atom. The number of carbonyl (C=O) groups excluding carboxylic acids is 1. The highest BCUT2D eigenvalue weighted by Gasteiger charge is 2.24. The normalized spacial score (nSPS) is 21.0. The molecule has 0 bridgehead atoms. The van der Waals surface area contributed by atoms with Crippen LogP contribution in [-0.4, -0.2) is 17.4 Å². The van der Waals surface area contributed by atoms with Crippen LogP contribution in [-0.2, 0) is 4.79 Å². The molecule has 1 aliphatic heterocycles. The maximum Gasteiger partial charge on any atom is 0.220 e. The summed E-state index contributed by atoms with van der Waals surface area (Å²) in [6.07, 6.45) is 0.456. The highest BCUT2D eigenvalue weighted by atomic mass is 19.1. The van der Waals surface area contributed by atoms with E-state index in [1.54, 1.807) is 13.0 Å². The molecule has 1 unspecified atom stereocenters. The van der Waals surface area contributed by atoms with Crippen molar-refractivity contribution in [2.75, 3.05) is 6.54 Å². The first-order valence-corrected chi connectivity index (χ1v) is 4.56. The van der Waals surface area contributed by atoms with Gasteiger partial charge in [0.25, 0.3) is 0 Å². The van der Waals surface area contributed by atoms with Crippen LogP contribution in [0.15, 0.2) is 12.1 Å². The molecule has 1 aliphatic rings. The van der Waals surface area contributed by atoms with Gasteiger partial charge in [-0.2, -0.15) is 0 Å². The van der Waals surface area contributed by atoms with Crippen molar-refractivity contribution in [3.05, 3.63) is 29.3 Å². The van der Waals surface area contributed by atoms with Crippen molar-refractivity contribution < 1.29 is 9.18 Å². The van der Waals surface area contributed by atoms with E-state index in [-0.39, 0.29) is 17.6 Å². The Morgan fingerprint density at radius 1 is 1.57 bits per heavy atom. The number of nitrogens with one attached hydrogen (secondary N) is 1. The molecule has 2 heterocycles. The molecule has 4 heteroatoms. The second-order valence-corrected chi connectivity index (χ2v) is 3.51. The van der Waals surface area contributed by atoms with E-state index in [0.29, 0.717) is 18.7 Å². The molecule has 1 amide bonds. The van der Waals surface area contributed by atoms with E-state index in [9.17, 15) is 9.18 Å². The Morgan fingerprint density at radius 3 is 2.93 bits per heavy atom. The van der Waals surface area contributed by atoms with E-state index in [1.807, 2.05) is 0 Å². The molecule has 3 nitrogen and oxygen atoms in total. The molecule has 0 aromatic carbocycles. The highest BCUT2D eigenvalue weighted by Crippen LogP contribution is 2.21. The maximum atomic E-state index is 12.9. The summed E-state index contributed by atoms with van der Waals surface area (Å²) in [5, 5.41) is 2.73. The molecule has 1 aromatic heterocycles. The first-order valence-electron chi connectivity index (χ1n) is 4.56. The van der Waals surface area contributed by atoms with Crippen LogP contribution in [0.5, 0.6) is 0 Å². The van der Waals surface area contributed by atoms with Crippen LogP contribution in [0.2, 0.25) is 0 Å². The second-order valence-electron chi connectivity index (χ2n) is 3.51. The monoisotopic (exact) mass is 194 g/mol. The van der Waals surface area contributed by atoms with E-state index in [4.69, 9.17) is 0 Å². The smallest absolute Gasteiger partial charge is 0.220 e. The molecule has 0 saturated carbocycles. The highest BCUT2D eigenvalue weighted by molar-refractivity contribution is 5.79. The van der Waals surface area contributed by atoms with E-state index in [0.717, 1.165) is 5.69 Å². The molecule has 74 valence electrons. The van der Waals surface area contributed by atoms with Crippen LogP contribution in [0.1, 0.15) is 23.7 Å². The summed E-state index contributed by atoms with van der Waals surface area (Å²) >= 11 is 0. The quantitative estimate of drug-likeness (QED) is 0.728. The van der Waals surface area contributed by atoms with Crippen molar-refractivity contribution in [1.29, 1.82) is 0 Å². The third-order valence-corrected chi connectivity index (χ3v) is 2.44. The summed E-state index contributed by atoms with van der Waals surface area (Å²) in [4.78, 5) is 15.1. The van der Waals surface area contributed by atoms with Crippen LogP contribution in [0.25, 0.3) is 0 Å². The van der Waals surface area contributed by atoms with Crippen molar-refractivity contribution in [2.45, 2.75) is 19.3 Å². The molecule has 0 aliphatic carbocycles. The van der Waals surface area contributed by atoms with Crippen molar-refractivity contribution in [1.82, 2.24) is 10.3 Å². The van der Waals surface area contributed by atoms with Crippen LogP contribution >= 0.6 is 0 Å². The van der Waals surface area contributed by atoms with Crippen LogP contribution in [0, 0.1) is 12.7 Å². The molecular weight excluding hydrogens is 183 g/mol. The number of pyridine rings is 1. The van der Waals surface area contributed by atoms with E-state index in [1.165, 1.54) is 6.07 Å². The predicted molar refractivity (Wildman–Crippen MR) is 49.3 cm³/mol. The lowest BCUT2D eigenvalue weighted by molar-refractivity contribution is -0.119. The van der Waals surface area contributed by atoms with E-state index >= 15 is 0 Å². The van der Waals surface area contributed by atoms with Gasteiger partial charge in [-0.15, -0.1) is 0 Å². The van der Waals surface area contributed by atoms with Crippen molar-refractivity contribution >= 4 is 5.91 Å². The van der Waals surface area contributed by atoms with Gasteiger partial charge < -0.3 is 5.32 Å². The van der Waals surface area contributed by atoms with Gasteiger partial charge in [-0.05, 0) is 19.1 Å². The average molecular weight is 194 g/mol. The largest absolute Gasteiger partial charge is 0.355 e. The number of aryl methyl sites for hydroxylation is 1. The molecular formula is C10H11FN2O. The fourth-order valence-corrected chi connectivity index (χ4v) is 1.61. The molecule has 14 heavy (non-hydrogen) atoms. The number of halogens is 1.